The average molecular weight is 369 g/mol. The minimum absolute atomic E-state index is 0.123. The first kappa shape index (κ1) is 17.2. The summed E-state index contributed by atoms with van der Waals surface area (Å²) >= 11 is 5.75. The van der Waals surface area contributed by atoms with E-state index in [1.165, 1.54) is 11.1 Å². The monoisotopic (exact) mass is 368 g/mol. The fourth-order valence-corrected chi connectivity index (χ4v) is 4.41. The molecular formula is C21H24N2O2S. The van der Waals surface area contributed by atoms with Gasteiger partial charge in [0.2, 0.25) is 0 Å². The van der Waals surface area contributed by atoms with E-state index in [9.17, 15) is 0 Å². The minimum Gasteiger partial charge on any atom is -0.490 e. The van der Waals surface area contributed by atoms with Gasteiger partial charge in [-0.3, -0.25) is 4.90 Å². The van der Waals surface area contributed by atoms with Crippen LogP contribution in [0.15, 0.2) is 36.4 Å². The zero-order chi connectivity index (χ0) is 18.5. The molecular weight excluding hydrogens is 344 g/mol. The second kappa shape index (κ2) is 6.16. The van der Waals surface area contributed by atoms with Crippen LogP contribution in [-0.4, -0.2) is 17.4 Å². The molecule has 2 unspecified atom stereocenters. The Balaban J connectivity index is 1.83. The summed E-state index contributed by atoms with van der Waals surface area (Å²) in [5.74, 6) is 1.61. The molecule has 1 saturated heterocycles. The van der Waals surface area contributed by atoms with Crippen molar-refractivity contribution in [3.05, 3.63) is 53.1 Å². The molecule has 4 nitrogen and oxygen atoms in total. The lowest BCUT2D eigenvalue weighted by molar-refractivity contribution is 0.0456. The van der Waals surface area contributed by atoms with Gasteiger partial charge in [-0.25, -0.2) is 0 Å². The van der Waals surface area contributed by atoms with Gasteiger partial charge in [-0.15, -0.1) is 0 Å². The summed E-state index contributed by atoms with van der Waals surface area (Å²) in [6.45, 7) is 8.95. The van der Waals surface area contributed by atoms with Gasteiger partial charge in [-0.05, 0) is 63.2 Å². The zero-order valence-corrected chi connectivity index (χ0v) is 16.4. The van der Waals surface area contributed by atoms with E-state index in [1.54, 1.807) is 0 Å². The normalized spacial score (nSPS) is 23.8. The van der Waals surface area contributed by atoms with E-state index in [0.29, 0.717) is 11.7 Å². The Morgan fingerprint density at radius 1 is 1.27 bits per heavy atom. The molecule has 0 spiro atoms. The lowest BCUT2D eigenvalue weighted by Gasteiger charge is -2.52. The molecule has 4 rings (SSSR count). The van der Waals surface area contributed by atoms with Gasteiger partial charge in [-0.1, -0.05) is 24.3 Å². The summed E-state index contributed by atoms with van der Waals surface area (Å²) in [6.07, 6.45) is 0.809. The number of fused-ring (bicyclic) bond motifs is 4. The summed E-state index contributed by atoms with van der Waals surface area (Å²) in [4.78, 5) is 2.12. The molecule has 136 valence electrons. The third-order valence-electron chi connectivity index (χ3n) is 5.38. The van der Waals surface area contributed by atoms with E-state index in [-0.39, 0.29) is 6.04 Å². The first-order valence-electron chi connectivity index (χ1n) is 9.06. The van der Waals surface area contributed by atoms with E-state index in [0.717, 1.165) is 29.2 Å². The van der Waals surface area contributed by atoms with Crippen molar-refractivity contribution in [3.8, 4) is 11.5 Å². The van der Waals surface area contributed by atoms with Gasteiger partial charge in [0.15, 0.2) is 22.3 Å². The molecule has 2 aliphatic heterocycles. The Bertz CT molecular complexity index is 882. The number of para-hydroxylation sites is 1. The second-order valence-electron chi connectivity index (χ2n) is 7.15. The van der Waals surface area contributed by atoms with Crippen molar-refractivity contribution < 1.29 is 9.47 Å². The quantitative estimate of drug-likeness (QED) is 0.799. The van der Waals surface area contributed by atoms with E-state index in [1.807, 2.05) is 19.1 Å². The Morgan fingerprint density at radius 3 is 2.81 bits per heavy atom. The van der Waals surface area contributed by atoms with Crippen molar-refractivity contribution in [2.45, 2.75) is 45.9 Å². The van der Waals surface area contributed by atoms with Gasteiger partial charge in [0.05, 0.1) is 18.3 Å². The van der Waals surface area contributed by atoms with Crippen molar-refractivity contribution in [3.63, 3.8) is 0 Å². The maximum Gasteiger partial charge on any atom is 0.188 e. The van der Waals surface area contributed by atoms with Crippen LogP contribution in [0.1, 0.15) is 43.0 Å². The lowest BCUT2D eigenvalue weighted by atomic mass is 9.89. The van der Waals surface area contributed by atoms with E-state index >= 15 is 0 Å². The van der Waals surface area contributed by atoms with Crippen LogP contribution >= 0.6 is 12.2 Å². The first-order chi connectivity index (χ1) is 12.4. The number of anilines is 1. The molecule has 0 amide bonds. The van der Waals surface area contributed by atoms with Crippen molar-refractivity contribution in [2.24, 2.45) is 0 Å². The van der Waals surface area contributed by atoms with Crippen LogP contribution in [0.25, 0.3) is 0 Å². The van der Waals surface area contributed by atoms with Gasteiger partial charge in [0.25, 0.3) is 0 Å². The molecule has 5 heteroatoms. The average Bonchev–Trinajstić information content (AvgIpc) is 2.59. The Hall–Kier alpha value is -2.27. The number of ether oxygens (including phenoxy) is 2. The first-order valence-corrected chi connectivity index (χ1v) is 9.47. The number of hydrogen-bond donors (Lipinski definition) is 1. The largest absolute Gasteiger partial charge is 0.490 e. The fourth-order valence-electron chi connectivity index (χ4n) is 3.97. The van der Waals surface area contributed by atoms with Crippen molar-refractivity contribution in [2.75, 3.05) is 11.5 Å². The van der Waals surface area contributed by atoms with Crippen LogP contribution in [0.2, 0.25) is 0 Å². The van der Waals surface area contributed by atoms with Crippen LogP contribution in [0.4, 0.5) is 5.69 Å². The third kappa shape index (κ3) is 2.53. The van der Waals surface area contributed by atoms with Gasteiger partial charge in [0, 0.05) is 12.0 Å². The standard InChI is InChI=1S/C21H24N2O2S/c1-5-24-18-11-7-9-15-16-12-21(4,25-19(15)18)23(20(26)22-16)17-10-6-8-13(2)14(17)3/h6-11,16H,5,12H2,1-4H3,(H,22,26). The molecule has 2 aromatic carbocycles. The summed E-state index contributed by atoms with van der Waals surface area (Å²) in [7, 11) is 0. The summed E-state index contributed by atoms with van der Waals surface area (Å²) in [5.41, 5.74) is 4.08. The second-order valence-corrected chi connectivity index (χ2v) is 7.53. The molecule has 2 heterocycles. The highest BCUT2D eigenvalue weighted by Gasteiger charge is 2.49. The predicted molar refractivity (Wildman–Crippen MR) is 108 cm³/mol. The van der Waals surface area contributed by atoms with Gasteiger partial charge in [-0.2, -0.15) is 0 Å². The Morgan fingerprint density at radius 2 is 2.04 bits per heavy atom. The Kier molecular flexibility index (Phi) is 4.07. The van der Waals surface area contributed by atoms with Crippen molar-refractivity contribution in [1.29, 1.82) is 0 Å². The molecule has 1 N–H and O–H groups in total. The summed E-state index contributed by atoms with van der Waals surface area (Å²) < 4.78 is 12.4. The number of nitrogens with zero attached hydrogens (tertiary/aromatic N) is 1. The molecule has 2 atom stereocenters. The molecule has 1 fully saturated rings. The molecule has 2 aliphatic rings. The zero-order valence-electron chi connectivity index (χ0n) is 15.6. The molecule has 2 aromatic rings. The van der Waals surface area contributed by atoms with E-state index in [2.05, 4.69) is 55.3 Å². The highest BCUT2D eigenvalue weighted by molar-refractivity contribution is 7.80. The van der Waals surface area contributed by atoms with Crippen molar-refractivity contribution >= 4 is 23.0 Å². The maximum atomic E-state index is 6.58. The Labute approximate surface area is 160 Å². The number of nitrogens with one attached hydrogen (secondary N) is 1. The maximum absolute atomic E-state index is 6.58. The minimum atomic E-state index is -0.564. The smallest absolute Gasteiger partial charge is 0.188 e. The van der Waals surface area contributed by atoms with Crippen LogP contribution < -0.4 is 19.7 Å². The van der Waals surface area contributed by atoms with Crippen LogP contribution in [-0.2, 0) is 0 Å². The molecule has 0 saturated carbocycles. The van der Waals surface area contributed by atoms with Crippen LogP contribution in [0.3, 0.4) is 0 Å². The number of aryl methyl sites for hydroxylation is 1. The van der Waals surface area contributed by atoms with Crippen LogP contribution in [0.5, 0.6) is 11.5 Å². The van der Waals surface area contributed by atoms with Crippen molar-refractivity contribution in [1.82, 2.24) is 5.32 Å². The molecule has 0 aromatic heterocycles. The highest BCUT2D eigenvalue weighted by Crippen LogP contribution is 2.49. The summed E-state index contributed by atoms with van der Waals surface area (Å²) in [5, 5.41) is 4.21. The topological polar surface area (TPSA) is 33.7 Å². The van der Waals surface area contributed by atoms with E-state index in [4.69, 9.17) is 21.7 Å². The lowest BCUT2D eigenvalue weighted by Crippen LogP contribution is -2.65. The van der Waals surface area contributed by atoms with E-state index < -0.39 is 5.72 Å². The van der Waals surface area contributed by atoms with Gasteiger partial charge < -0.3 is 14.8 Å². The predicted octanol–water partition coefficient (Wildman–Crippen LogP) is 4.64. The molecule has 26 heavy (non-hydrogen) atoms. The SMILES string of the molecule is CCOc1cccc2c1OC1(C)CC2NC(=S)N1c1cccc(C)c1C. The number of benzene rings is 2. The number of thiocarbonyl (C=S) groups is 1. The molecule has 0 radical (unpaired) electrons. The highest BCUT2D eigenvalue weighted by atomic mass is 32.1. The van der Waals surface area contributed by atoms with Crippen LogP contribution in [0, 0.1) is 13.8 Å². The van der Waals surface area contributed by atoms with Gasteiger partial charge >= 0.3 is 0 Å². The molecule has 2 bridgehead atoms. The number of hydrogen-bond acceptors (Lipinski definition) is 3. The van der Waals surface area contributed by atoms with Gasteiger partial charge in [0.1, 0.15) is 0 Å². The fraction of sp³-hybridized carbons (Fsp3) is 0.381. The third-order valence-corrected chi connectivity index (χ3v) is 5.68. The number of rotatable bonds is 3. The molecule has 0 aliphatic carbocycles. The summed E-state index contributed by atoms with van der Waals surface area (Å²) in [6, 6.07) is 12.5.